The molecule has 0 saturated carbocycles. The van der Waals surface area contributed by atoms with Crippen LogP contribution >= 0.6 is 0 Å². The van der Waals surface area contributed by atoms with Crippen LogP contribution < -0.4 is 5.32 Å². The molecule has 5 nitrogen and oxygen atoms in total. The Balaban J connectivity index is 3.65. The van der Waals surface area contributed by atoms with Gasteiger partial charge in [0.05, 0.1) is 6.54 Å². The van der Waals surface area contributed by atoms with Gasteiger partial charge in [0, 0.05) is 12.5 Å². The Morgan fingerprint density at radius 1 is 1.44 bits per heavy atom. The van der Waals surface area contributed by atoms with Crippen molar-refractivity contribution in [3.63, 3.8) is 0 Å². The molecule has 0 aromatic carbocycles. The van der Waals surface area contributed by atoms with Gasteiger partial charge in [0.2, 0.25) is 5.91 Å². The molecule has 0 spiro atoms. The molecule has 94 valence electrons. The van der Waals surface area contributed by atoms with Crippen LogP contribution in [0.1, 0.15) is 33.1 Å². The molecule has 1 unspecified atom stereocenters. The average molecular weight is 230 g/mol. The van der Waals surface area contributed by atoms with Crippen LogP contribution in [0, 0.1) is 0 Å². The van der Waals surface area contributed by atoms with E-state index < -0.39 is 5.97 Å². The SMILES string of the molecule is CCC(C)NC(=O)CN(C)CCCC(=O)O. The summed E-state index contributed by atoms with van der Waals surface area (Å²) in [5.41, 5.74) is 0. The number of carboxylic acid groups (broad SMARTS) is 1. The Hall–Kier alpha value is -1.10. The van der Waals surface area contributed by atoms with Gasteiger partial charge in [-0.15, -0.1) is 0 Å². The number of carbonyl (C=O) groups excluding carboxylic acids is 1. The van der Waals surface area contributed by atoms with Crippen LogP contribution in [0.2, 0.25) is 0 Å². The molecule has 0 aromatic heterocycles. The summed E-state index contributed by atoms with van der Waals surface area (Å²) in [6, 6.07) is 0.194. The van der Waals surface area contributed by atoms with Crippen molar-refractivity contribution in [2.24, 2.45) is 0 Å². The molecule has 0 heterocycles. The zero-order valence-corrected chi connectivity index (χ0v) is 10.3. The normalized spacial score (nSPS) is 12.5. The summed E-state index contributed by atoms with van der Waals surface area (Å²) in [5.74, 6) is -0.801. The highest BCUT2D eigenvalue weighted by Crippen LogP contribution is 1.94. The molecule has 0 saturated heterocycles. The van der Waals surface area contributed by atoms with Crippen molar-refractivity contribution in [2.45, 2.75) is 39.2 Å². The van der Waals surface area contributed by atoms with Crippen LogP contribution in [-0.2, 0) is 9.59 Å². The minimum atomic E-state index is -0.794. The van der Waals surface area contributed by atoms with Crippen molar-refractivity contribution in [3.8, 4) is 0 Å². The minimum absolute atomic E-state index is 0.00725. The second kappa shape index (κ2) is 8.10. The first kappa shape index (κ1) is 14.9. The van der Waals surface area contributed by atoms with Gasteiger partial charge in [-0.1, -0.05) is 6.92 Å². The molecule has 0 aliphatic heterocycles. The zero-order valence-electron chi connectivity index (χ0n) is 10.3. The number of hydrogen-bond acceptors (Lipinski definition) is 3. The molecule has 0 aliphatic carbocycles. The lowest BCUT2D eigenvalue weighted by Crippen LogP contribution is -2.39. The predicted molar refractivity (Wildman–Crippen MR) is 62.3 cm³/mol. The number of hydrogen-bond donors (Lipinski definition) is 2. The monoisotopic (exact) mass is 230 g/mol. The Morgan fingerprint density at radius 2 is 2.06 bits per heavy atom. The quantitative estimate of drug-likeness (QED) is 0.644. The Bertz CT molecular complexity index is 231. The van der Waals surface area contributed by atoms with E-state index in [0.29, 0.717) is 19.5 Å². The van der Waals surface area contributed by atoms with E-state index in [1.54, 1.807) is 0 Å². The molecule has 16 heavy (non-hydrogen) atoms. The van der Waals surface area contributed by atoms with Crippen LogP contribution in [0.25, 0.3) is 0 Å². The molecular formula is C11H22N2O3. The number of carboxylic acids is 1. The smallest absolute Gasteiger partial charge is 0.303 e. The number of likely N-dealkylation sites (N-methyl/N-ethyl adjacent to an activating group) is 1. The summed E-state index contributed by atoms with van der Waals surface area (Å²) < 4.78 is 0. The molecule has 0 aromatic rings. The van der Waals surface area contributed by atoms with Gasteiger partial charge in [0.25, 0.3) is 0 Å². The molecule has 0 radical (unpaired) electrons. The summed E-state index contributed by atoms with van der Waals surface area (Å²) in [5, 5.41) is 11.3. The molecule has 0 fully saturated rings. The van der Waals surface area contributed by atoms with Gasteiger partial charge in [-0.3, -0.25) is 14.5 Å². The Kier molecular flexibility index (Phi) is 7.54. The second-order valence-electron chi connectivity index (χ2n) is 4.11. The number of amides is 1. The van der Waals surface area contributed by atoms with Crippen molar-refractivity contribution in [1.29, 1.82) is 0 Å². The van der Waals surface area contributed by atoms with Crippen molar-refractivity contribution < 1.29 is 14.7 Å². The van der Waals surface area contributed by atoms with E-state index in [1.165, 1.54) is 0 Å². The van der Waals surface area contributed by atoms with Crippen molar-refractivity contribution in [3.05, 3.63) is 0 Å². The van der Waals surface area contributed by atoms with E-state index in [2.05, 4.69) is 5.32 Å². The maximum atomic E-state index is 11.5. The van der Waals surface area contributed by atoms with E-state index in [4.69, 9.17) is 5.11 Å². The van der Waals surface area contributed by atoms with Crippen LogP contribution in [0.4, 0.5) is 0 Å². The molecule has 0 bridgehead atoms. The van der Waals surface area contributed by atoms with E-state index >= 15 is 0 Å². The third-order valence-corrected chi connectivity index (χ3v) is 2.36. The standard InChI is InChI=1S/C11H22N2O3/c1-4-9(2)12-10(14)8-13(3)7-5-6-11(15)16/h9H,4-8H2,1-3H3,(H,12,14)(H,15,16). The zero-order chi connectivity index (χ0) is 12.6. The summed E-state index contributed by atoms with van der Waals surface area (Å²) in [4.78, 5) is 23.6. The minimum Gasteiger partial charge on any atom is -0.481 e. The summed E-state index contributed by atoms with van der Waals surface area (Å²) in [6.07, 6.45) is 1.63. The lowest BCUT2D eigenvalue weighted by Gasteiger charge is -2.17. The first-order valence-electron chi connectivity index (χ1n) is 5.65. The highest BCUT2D eigenvalue weighted by molar-refractivity contribution is 5.78. The summed E-state index contributed by atoms with van der Waals surface area (Å²) >= 11 is 0. The molecule has 0 aliphatic rings. The van der Waals surface area contributed by atoms with Crippen molar-refractivity contribution >= 4 is 11.9 Å². The number of nitrogens with zero attached hydrogens (tertiary/aromatic N) is 1. The topological polar surface area (TPSA) is 69.6 Å². The van der Waals surface area contributed by atoms with Crippen molar-refractivity contribution in [1.82, 2.24) is 10.2 Å². The maximum Gasteiger partial charge on any atom is 0.303 e. The van der Waals surface area contributed by atoms with Crippen LogP contribution in [0.5, 0.6) is 0 Å². The van der Waals surface area contributed by atoms with Gasteiger partial charge in [-0.25, -0.2) is 0 Å². The van der Waals surface area contributed by atoms with Crippen molar-refractivity contribution in [2.75, 3.05) is 20.1 Å². The lowest BCUT2D eigenvalue weighted by molar-refractivity contribution is -0.137. The van der Waals surface area contributed by atoms with E-state index in [-0.39, 0.29) is 18.4 Å². The fraction of sp³-hybridized carbons (Fsp3) is 0.818. The highest BCUT2D eigenvalue weighted by Gasteiger charge is 2.08. The third-order valence-electron chi connectivity index (χ3n) is 2.36. The van der Waals surface area contributed by atoms with E-state index in [1.807, 2.05) is 25.8 Å². The van der Waals surface area contributed by atoms with Gasteiger partial charge >= 0.3 is 5.97 Å². The predicted octanol–water partition coefficient (Wildman–Crippen LogP) is 0.698. The fourth-order valence-corrected chi connectivity index (χ4v) is 1.25. The van der Waals surface area contributed by atoms with E-state index in [0.717, 1.165) is 6.42 Å². The highest BCUT2D eigenvalue weighted by atomic mass is 16.4. The number of nitrogens with one attached hydrogen (secondary N) is 1. The first-order chi connectivity index (χ1) is 7.45. The molecule has 1 amide bonds. The number of carbonyl (C=O) groups is 2. The molecule has 1 atom stereocenters. The molecule has 5 heteroatoms. The van der Waals surface area contributed by atoms with Gasteiger partial charge in [-0.2, -0.15) is 0 Å². The largest absolute Gasteiger partial charge is 0.481 e. The van der Waals surface area contributed by atoms with Gasteiger partial charge in [0.15, 0.2) is 0 Å². The summed E-state index contributed by atoms with van der Waals surface area (Å²) in [6.45, 7) is 4.92. The van der Waals surface area contributed by atoms with Crippen LogP contribution in [0.15, 0.2) is 0 Å². The number of aliphatic carboxylic acids is 1. The lowest BCUT2D eigenvalue weighted by atomic mass is 10.2. The van der Waals surface area contributed by atoms with Crippen LogP contribution in [0.3, 0.4) is 0 Å². The second-order valence-corrected chi connectivity index (χ2v) is 4.11. The van der Waals surface area contributed by atoms with Gasteiger partial charge in [0.1, 0.15) is 0 Å². The molecule has 0 rings (SSSR count). The van der Waals surface area contributed by atoms with E-state index in [9.17, 15) is 9.59 Å². The Labute approximate surface area is 96.8 Å². The maximum absolute atomic E-state index is 11.5. The third kappa shape index (κ3) is 8.23. The van der Waals surface area contributed by atoms with Gasteiger partial charge in [-0.05, 0) is 33.4 Å². The number of rotatable bonds is 8. The average Bonchev–Trinajstić information content (AvgIpc) is 2.16. The van der Waals surface area contributed by atoms with Gasteiger partial charge < -0.3 is 10.4 Å². The fourth-order valence-electron chi connectivity index (χ4n) is 1.25. The molecule has 2 N–H and O–H groups in total. The van der Waals surface area contributed by atoms with Crippen LogP contribution in [-0.4, -0.2) is 48.1 Å². The molecular weight excluding hydrogens is 208 g/mol. The summed E-state index contributed by atoms with van der Waals surface area (Å²) in [7, 11) is 1.82. The first-order valence-corrected chi connectivity index (χ1v) is 5.65. The Morgan fingerprint density at radius 3 is 2.56 bits per heavy atom.